The number of likely N-dealkylation sites (tertiary alicyclic amines) is 1. The SMILES string of the molecule is CC1CC(C)CN(C(=O)CN2CCN(C(=O)NNC(=O)c3csc(N4CCOCC4)n3)CC2)C1. The first-order valence-electron chi connectivity index (χ1n) is 12.0. The van der Waals surface area contributed by atoms with Crippen LogP contribution >= 0.6 is 11.3 Å². The maximum absolute atomic E-state index is 12.7. The van der Waals surface area contributed by atoms with Crippen molar-refractivity contribution in [1.82, 2.24) is 30.5 Å². The van der Waals surface area contributed by atoms with E-state index in [1.165, 1.54) is 17.8 Å². The highest BCUT2D eigenvalue weighted by atomic mass is 32.1. The minimum absolute atomic E-state index is 0.170. The number of piperidine rings is 1. The van der Waals surface area contributed by atoms with Crippen molar-refractivity contribution in [2.75, 3.05) is 77.0 Å². The first-order chi connectivity index (χ1) is 16.4. The number of hydrazine groups is 1. The molecule has 1 aromatic rings. The van der Waals surface area contributed by atoms with Crippen molar-refractivity contribution < 1.29 is 19.1 Å². The monoisotopic (exact) mass is 493 g/mol. The summed E-state index contributed by atoms with van der Waals surface area (Å²) in [4.78, 5) is 49.8. The average molecular weight is 494 g/mol. The van der Waals surface area contributed by atoms with E-state index < -0.39 is 5.91 Å². The Labute approximate surface area is 204 Å². The Bertz CT molecular complexity index is 857. The molecule has 2 atom stereocenters. The largest absolute Gasteiger partial charge is 0.378 e. The van der Waals surface area contributed by atoms with Gasteiger partial charge in [-0.25, -0.2) is 15.2 Å². The fourth-order valence-electron chi connectivity index (χ4n) is 4.79. The number of hydrogen-bond acceptors (Lipinski definition) is 8. The fourth-order valence-corrected chi connectivity index (χ4v) is 5.65. The minimum atomic E-state index is -0.446. The van der Waals surface area contributed by atoms with Crippen LogP contribution in [0.1, 0.15) is 30.8 Å². The van der Waals surface area contributed by atoms with E-state index in [2.05, 4.69) is 39.5 Å². The summed E-state index contributed by atoms with van der Waals surface area (Å²) in [6.45, 7) is 11.5. The summed E-state index contributed by atoms with van der Waals surface area (Å²) in [5.41, 5.74) is 5.21. The van der Waals surface area contributed by atoms with Crippen LogP contribution in [0.5, 0.6) is 0 Å². The standard InChI is InChI=1S/C22H35N7O4S/c1-16-11-17(2)13-29(12-16)19(30)14-26-3-5-27(6-4-26)21(32)25-24-20(31)18-15-34-22(23-18)28-7-9-33-10-8-28/h15-17H,3-14H2,1-2H3,(H,24,31)(H,25,32). The van der Waals surface area contributed by atoms with Crippen LogP contribution in [-0.2, 0) is 9.53 Å². The number of ether oxygens (including phenoxy) is 1. The predicted octanol–water partition coefficient (Wildman–Crippen LogP) is 0.456. The van der Waals surface area contributed by atoms with Crippen LogP contribution < -0.4 is 15.8 Å². The molecule has 3 fully saturated rings. The molecule has 3 aliphatic heterocycles. The number of thiazole rings is 1. The zero-order chi connectivity index (χ0) is 24.1. The van der Waals surface area contributed by atoms with Crippen LogP contribution in [0.25, 0.3) is 0 Å². The van der Waals surface area contributed by atoms with E-state index in [-0.39, 0.29) is 17.6 Å². The van der Waals surface area contributed by atoms with E-state index in [4.69, 9.17) is 4.74 Å². The van der Waals surface area contributed by atoms with Gasteiger partial charge in [-0.1, -0.05) is 13.8 Å². The second-order valence-electron chi connectivity index (χ2n) is 9.51. The molecular formula is C22H35N7O4S. The molecule has 4 heterocycles. The van der Waals surface area contributed by atoms with E-state index in [1.807, 2.05) is 4.90 Å². The summed E-state index contributed by atoms with van der Waals surface area (Å²) >= 11 is 1.40. The van der Waals surface area contributed by atoms with Crippen molar-refractivity contribution in [1.29, 1.82) is 0 Å². The molecule has 4 rings (SSSR count). The number of carbonyl (C=O) groups excluding carboxylic acids is 3. The Balaban J connectivity index is 1.17. The molecule has 34 heavy (non-hydrogen) atoms. The molecule has 11 nitrogen and oxygen atoms in total. The number of hydrogen-bond donors (Lipinski definition) is 2. The van der Waals surface area contributed by atoms with E-state index in [9.17, 15) is 14.4 Å². The van der Waals surface area contributed by atoms with Crippen molar-refractivity contribution >= 4 is 34.3 Å². The van der Waals surface area contributed by atoms with Gasteiger partial charge in [-0.15, -0.1) is 11.3 Å². The fraction of sp³-hybridized carbons (Fsp3) is 0.727. The Hall–Kier alpha value is -2.44. The summed E-state index contributed by atoms with van der Waals surface area (Å²) in [6, 6.07) is -0.360. The van der Waals surface area contributed by atoms with Crippen molar-refractivity contribution in [3.05, 3.63) is 11.1 Å². The summed E-state index contributed by atoms with van der Waals surface area (Å²) < 4.78 is 5.34. The third-order valence-electron chi connectivity index (χ3n) is 6.53. The summed E-state index contributed by atoms with van der Waals surface area (Å²) in [7, 11) is 0. The number of morpholine rings is 1. The molecule has 0 saturated carbocycles. The summed E-state index contributed by atoms with van der Waals surface area (Å²) in [5, 5.41) is 2.46. The second-order valence-corrected chi connectivity index (χ2v) is 10.3. The second kappa shape index (κ2) is 11.3. The zero-order valence-electron chi connectivity index (χ0n) is 20.0. The van der Waals surface area contributed by atoms with Gasteiger partial charge in [0.2, 0.25) is 5.91 Å². The molecule has 0 spiro atoms. The lowest BCUT2D eigenvalue weighted by Crippen LogP contribution is -2.56. The molecule has 3 saturated heterocycles. The van der Waals surface area contributed by atoms with Gasteiger partial charge in [-0.3, -0.25) is 19.9 Å². The molecule has 4 amide bonds. The van der Waals surface area contributed by atoms with Gasteiger partial charge < -0.3 is 19.4 Å². The highest BCUT2D eigenvalue weighted by molar-refractivity contribution is 7.13. The number of nitrogens with one attached hydrogen (secondary N) is 2. The molecule has 12 heteroatoms. The van der Waals surface area contributed by atoms with E-state index in [0.29, 0.717) is 57.8 Å². The zero-order valence-corrected chi connectivity index (χ0v) is 20.8. The normalized spacial score (nSPS) is 24.1. The number of amides is 4. The maximum Gasteiger partial charge on any atom is 0.336 e. The van der Waals surface area contributed by atoms with Gasteiger partial charge >= 0.3 is 6.03 Å². The van der Waals surface area contributed by atoms with Gasteiger partial charge in [0, 0.05) is 57.7 Å². The number of rotatable bonds is 4. The van der Waals surface area contributed by atoms with Gasteiger partial charge in [0.25, 0.3) is 5.91 Å². The number of urea groups is 1. The van der Waals surface area contributed by atoms with Crippen LogP contribution in [0.4, 0.5) is 9.93 Å². The van der Waals surface area contributed by atoms with Crippen molar-refractivity contribution in [3.63, 3.8) is 0 Å². The minimum Gasteiger partial charge on any atom is -0.378 e. The highest BCUT2D eigenvalue weighted by Crippen LogP contribution is 2.22. The molecule has 3 aliphatic rings. The quantitative estimate of drug-likeness (QED) is 0.586. The maximum atomic E-state index is 12.7. The molecule has 2 N–H and O–H groups in total. The molecule has 0 radical (unpaired) electrons. The molecule has 2 unspecified atom stereocenters. The van der Waals surface area contributed by atoms with E-state index in [0.717, 1.165) is 31.3 Å². The Morgan fingerprint density at radius 3 is 2.35 bits per heavy atom. The average Bonchev–Trinajstić information content (AvgIpc) is 3.33. The van der Waals surface area contributed by atoms with Gasteiger partial charge in [-0.05, 0) is 18.3 Å². The number of aromatic nitrogens is 1. The van der Waals surface area contributed by atoms with Gasteiger partial charge in [0.1, 0.15) is 5.69 Å². The third-order valence-corrected chi connectivity index (χ3v) is 7.43. The lowest BCUT2D eigenvalue weighted by Gasteiger charge is -2.38. The van der Waals surface area contributed by atoms with E-state index in [1.54, 1.807) is 10.3 Å². The highest BCUT2D eigenvalue weighted by Gasteiger charge is 2.28. The molecule has 1 aromatic heterocycles. The first-order valence-corrected chi connectivity index (χ1v) is 12.9. The topological polar surface area (TPSA) is 110 Å². The number of anilines is 1. The van der Waals surface area contributed by atoms with Gasteiger partial charge in [0.15, 0.2) is 5.13 Å². The first kappa shape index (κ1) is 24.7. The molecule has 0 aromatic carbocycles. The van der Waals surface area contributed by atoms with Gasteiger partial charge in [-0.2, -0.15) is 0 Å². The molecule has 0 aliphatic carbocycles. The number of nitrogens with zero attached hydrogens (tertiary/aromatic N) is 5. The van der Waals surface area contributed by atoms with Crippen LogP contribution in [0.3, 0.4) is 0 Å². The number of carbonyl (C=O) groups is 3. The molecule has 188 valence electrons. The van der Waals surface area contributed by atoms with Gasteiger partial charge in [0.05, 0.1) is 19.8 Å². The van der Waals surface area contributed by atoms with Crippen LogP contribution in [0.2, 0.25) is 0 Å². The Morgan fingerprint density at radius 1 is 1.00 bits per heavy atom. The lowest BCUT2D eigenvalue weighted by atomic mass is 9.92. The lowest BCUT2D eigenvalue weighted by molar-refractivity contribution is -0.135. The van der Waals surface area contributed by atoms with Crippen molar-refractivity contribution in [3.8, 4) is 0 Å². The van der Waals surface area contributed by atoms with Crippen LogP contribution in [0.15, 0.2) is 5.38 Å². The summed E-state index contributed by atoms with van der Waals surface area (Å²) in [5.74, 6) is 0.805. The smallest absolute Gasteiger partial charge is 0.336 e. The third kappa shape index (κ3) is 6.36. The van der Waals surface area contributed by atoms with E-state index >= 15 is 0 Å². The van der Waals surface area contributed by atoms with Crippen molar-refractivity contribution in [2.24, 2.45) is 11.8 Å². The molecule has 0 bridgehead atoms. The Morgan fingerprint density at radius 2 is 1.68 bits per heavy atom. The number of piperazine rings is 1. The Kier molecular flexibility index (Phi) is 8.22. The molecular weight excluding hydrogens is 458 g/mol. The predicted molar refractivity (Wildman–Crippen MR) is 129 cm³/mol. The van der Waals surface area contributed by atoms with Crippen molar-refractivity contribution in [2.45, 2.75) is 20.3 Å². The van der Waals surface area contributed by atoms with Crippen LogP contribution in [-0.4, -0.2) is 110 Å². The summed E-state index contributed by atoms with van der Waals surface area (Å²) in [6.07, 6.45) is 1.17. The van der Waals surface area contributed by atoms with Crippen LogP contribution in [0, 0.1) is 11.8 Å².